The van der Waals surface area contributed by atoms with Crippen molar-refractivity contribution in [1.29, 1.82) is 5.26 Å². The van der Waals surface area contributed by atoms with E-state index in [1.807, 2.05) is 6.92 Å². The van der Waals surface area contributed by atoms with Crippen LogP contribution < -0.4 is 10.1 Å². The van der Waals surface area contributed by atoms with Gasteiger partial charge in [-0.05, 0) is 26.0 Å². The maximum atomic E-state index is 13.1. The predicted molar refractivity (Wildman–Crippen MR) is 133 cm³/mol. The number of carbonyl (C=O) groups excluding carboxylic acids is 1. The molecule has 0 bridgehead atoms. The van der Waals surface area contributed by atoms with E-state index in [1.54, 1.807) is 32.2 Å². The molecule has 3 aromatic heterocycles. The van der Waals surface area contributed by atoms with E-state index in [1.165, 1.54) is 29.6 Å². The first-order valence-corrected chi connectivity index (χ1v) is 11.5. The van der Waals surface area contributed by atoms with Crippen LogP contribution >= 0.6 is 11.6 Å². The quantitative estimate of drug-likeness (QED) is 0.329. The Morgan fingerprint density at radius 1 is 1.19 bits per heavy atom. The number of hydrogen-bond acceptors (Lipinski definition) is 10. The van der Waals surface area contributed by atoms with Gasteiger partial charge in [-0.2, -0.15) is 10.4 Å². The minimum atomic E-state index is -1.11. The molecule has 0 fully saturated rings. The van der Waals surface area contributed by atoms with Crippen molar-refractivity contribution in [3.05, 3.63) is 59.4 Å². The van der Waals surface area contributed by atoms with Crippen LogP contribution in [0.2, 0.25) is 5.02 Å². The topological polar surface area (TPSA) is 150 Å². The van der Waals surface area contributed by atoms with Gasteiger partial charge in [0.05, 0.1) is 54.2 Å². The Bertz CT molecular complexity index is 1440. The van der Waals surface area contributed by atoms with Gasteiger partial charge in [0.15, 0.2) is 11.5 Å². The molecular formula is C24H23ClN8O4. The molecule has 0 aliphatic heterocycles. The lowest BCUT2D eigenvalue weighted by Gasteiger charge is -2.20. The van der Waals surface area contributed by atoms with Crippen molar-refractivity contribution in [3.63, 3.8) is 0 Å². The summed E-state index contributed by atoms with van der Waals surface area (Å²) in [4.78, 5) is 29.9. The summed E-state index contributed by atoms with van der Waals surface area (Å²) in [5.41, 5.74) is 1.73. The summed E-state index contributed by atoms with van der Waals surface area (Å²) >= 11 is 6.37. The third-order valence-corrected chi connectivity index (χ3v) is 5.47. The highest BCUT2D eigenvalue weighted by Gasteiger charge is 2.26. The molecule has 0 saturated heterocycles. The number of nitrogens with one attached hydrogen (secondary N) is 1. The number of halogens is 1. The Morgan fingerprint density at radius 3 is 2.76 bits per heavy atom. The average molecular weight is 523 g/mol. The fraction of sp³-hybridized carbons (Fsp3) is 0.292. The maximum absolute atomic E-state index is 13.1. The molecule has 13 heteroatoms. The van der Waals surface area contributed by atoms with Crippen LogP contribution in [-0.2, 0) is 14.3 Å². The number of anilines is 1. The number of nitrogens with zero attached hydrogens (tertiary/aromatic N) is 7. The fourth-order valence-corrected chi connectivity index (χ4v) is 3.65. The highest BCUT2D eigenvalue weighted by molar-refractivity contribution is 6.32. The summed E-state index contributed by atoms with van der Waals surface area (Å²) in [6, 6.07) is 7.05. The van der Waals surface area contributed by atoms with Crippen LogP contribution in [0.25, 0.3) is 16.7 Å². The van der Waals surface area contributed by atoms with Crippen LogP contribution in [0.5, 0.6) is 5.88 Å². The number of amides is 1. The van der Waals surface area contributed by atoms with Crippen LogP contribution in [0.15, 0.2) is 43.1 Å². The van der Waals surface area contributed by atoms with Crippen molar-refractivity contribution >= 4 is 34.4 Å². The molecule has 1 aromatic carbocycles. The summed E-state index contributed by atoms with van der Waals surface area (Å²) in [7, 11) is 1.56. The maximum Gasteiger partial charge on any atom is 0.269 e. The Hall–Kier alpha value is -4.18. The third kappa shape index (κ3) is 5.97. The number of methoxy groups -OCH3 is 1. The van der Waals surface area contributed by atoms with Gasteiger partial charge in [-0.15, -0.1) is 0 Å². The lowest BCUT2D eigenvalue weighted by Crippen LogP contribution is -2.39. The second kappa shape index (κ2) is 11.7. The number of carbonyl (C=O) groups is 1. The molecule has 190 valence electrons. The normalized spacial score (nSPS) is 12.6. The molecule has 3 heterocycles. The van der Waals surface area contributed by atoms with E-state index >= 15 is 0 Å². The molecule has 0 saturated carbocycles. The van der Waals surface area contributed by atoms with Crippen molar-refractivity contribution < 1.29 is 19.0 Å². The van der Waals surface area contributed by atoms with Gasteiger partial charge in [0, 0.05) is 7.11 Å². The van der Waals surface area contributed by atoms with Crippen LogP contribution in [0.1, 0.15) is 18.2 Å². The standard InChI is InChI=1S/C24H23ClN8O4/c1-14-8-28-20(10-27-14)32-23(34)19(12-36-15(2)11-35-3)37-24-17-9-31-33(22(17)29-13-30-24)21-16(7-26)5-4-6-18(21)25/h4-6,8-10,13,15,19H,11-12H2,1-3H3,(H,28,32,34)/t15-,19+/m1/s1. The number of benzene rings is 1. The minimum absolute atomic E-state index is 0.0972. The molecular weight excluding hydrogens is 500 g/mol. The lowest BCUT2D eigenvalue weighted by atomic mass is 10.2. The third-order valence-electron chi connectivity index (χ3n) is 5.16. The number of aryl methyl sites for hydroxylation is 1. The minimum Gasteiger partial charge on any atom is -0.461 e. The number of para-hydroxylation sites is 1. The zero-order chi connectivity index (χ0) is 26.4. The number of hydrogen-bond donors (Lipinski definition) is 1. The molecule has 0 radical (unpaired) electrons. The average Bonchev–Trinajstić information content (AvgIpc) is 3.32. The van der Waals surface area contributed by atoms with Crippen molar-refractivity contribution in [2.75, 3.05) is 25.6 Å². The van der Waals surface area contributed by atoms with Crippen LogP contribution in [0.3, 0.4) is 0 Å². The van der Waals surface area contributed by atoms with Crippen molar-refractivity contribution in [3.8, 4) is 17.6 Å². The molecule has 0 spiro atoms. The van der Waals surface area contributed by atoms with Gasteiger partial charge in [-0.3, -0.25) is 9.78 Å². The molecule has 0 unspecified atom stereocenters. The fourth-order valence-electron chi connectivity index (χ4n) is 3.40. The summed E-state index contributed by atoms with van der Waals surface area (Å²) < 4.78 is 18.3. The number of aromatic nitrogens is 6. The van der Waals surface area contributed by atoms with Crippen molar-refractivity contribution in [2.24, 2.45) is 0 Å². The Morgan fingerprint density at radius 2 is 2.03 bits per heavy atom. The van der Waals surface area contributed by atoms with Gasteiger partial charge in [0.1, 0.15) is 23.5 Å². The van der Waals surface area contributed by atoms with E-state index in [4.69, 9.17) is 25.8 Å². The highest BCUT2D eigenvalue weighted by Crippen LogP contribution is 2.29. The second-order valence-corrected chi connectivity index (χ2v) is 8.37. The summed E-state index contributed by atoms with van der Waals surface area (Å²) in [6.07, 6.45) is 4.33. The van der Waals surface area contributed by atoms with E-state index in [0.29, 0.717) is 39.6 Å². The Balaban J connectivity index is 1.65. The molecule has 2 atom stereocenters. The lowest BCUT2D eigenvalue weighted by molar-refractivity contribution is -0.127. The molecule has 12 nitrogen and oxygen atoms in total. The summed E-state index contributed by atoms with van der Waals surface area (Å²) in [5.74, 6) is -0.155. The van der Waals surface area contributed by atoms with Gasteiger partial charge in [-0.25, -0.2) is 19.6 Å². The largest absolute Gasteiger partial charge is 0.461 e. The van der Waals surface area contributed by atoms with Crippen LogP contribution in [-0.4, -0.2) is 68.2 Å². The molecule has 1 amide bonds. The summed E-state index contributed by atoms with van der Waals surface area (Å²) in [6.45, 7) is 3.84. The Kier molecular flexibility index (Phi) is 8.19. The number of ether oxygens (including phenoxy) is 3. The smallest absolute Gasteiger partial charge is 0.269 e. The molecule has 4 rings (SSSR count). The van der Waals surface area contributed by atoms with Crippen LogP contribution in [0.4, 0.5) is 5.82 Å². The monoisotopic (exact) mass is 522 g/mol. The highest BCUT2D eigenvalue weighted by atomic mass is 35.5. The van der Waals surface area contributed by atoms with Gasteiger partial charge in [0.2, 0.25) is 12.0 Å². The molecule has 37 heavy (non-hydrogen) atoms. The molecule has 0 aliphatic carbocycles. The van der Waals surface area contributed by atoms with Gasteiger partial charge < -0.3 is 19.5 Å². The van der Waals surface area contributed by atoms with Crippen molar-refractivity contribution in [2.45, 2.75) is 26.1 Å². The summed E-state index contributed by atoms with van der Waals surface area (Å²) in [5, 5.41) is 17.3. The zero-order valence-corrected chi connectivity index (χ0v) is 21.0. The predicted octanol–water partition coefficient (Wildman–Crippen LogP) is 2.88. The first-order valence-electron chi connectivity index (χ1n) is 11.2. The van der Waals surface area contributed by atoms with Gasteiger partial charge in [0.25, 0.3) is 5.91 Å². The van der Waals surface area contributed by atoms with Crippen molar-refractivity contribution in [1.82, 2.24) is 29.7 Å². The second-order valence-electron chi connectivity index (χ2n) is 7.96. The molecule has 0 aliphatic rings. The number of rotatable bonds is 10. The van der Waals surface area contributed by atoms with Gasteiger partial charge in [-0.1, -0.05) is 17.7 Å². The number of nitriles is 1. The van der Waals surface area contributed by atoms with E-state index in [2.05, 4.69) is 36.4 Å². The SMILES string of the molecule is COC[C@@H](C)OC[C@H](Oc1ncnc2c1cnn2-c1c(Cl)cccc1C#N)C(=O)Nc1cnc(C)cn1. The van der Waals surface area contributed by atoms with Gasteiger partial charge >= 0.3 is 0 Å². The molecule has 4 aromatic rings. The van der Waals surface area contributed by atoms with E-state index < -0.39 is 12.0 Å². The van der Waals surface area contributed by atoms with E-state index in [9.17, 15) is 10.1 Å². The Labute approximate surface area is 217 Å². The van der Waals surface area contributed by atoms with E-state index in [0.717, 1.165) is 0 Å². The zero-order valence-electron chi connectivity index (χ0n) is 20.3. The first-order chi connectivity index (χ1) is 17.9. The first kappa shape index (κ1) is 25.9. The molecule has 1 N–H and O–H groups in total. The van der Waals surface area contributed by atoms with E-state index in [-0.39, 0.29) is 24.4 Å². The van der Waals surface area contributed by atoms with Crippen LogP contribution in [0, 0.1) is 18.3 Å². The number of fused-ring (bicyclic) bond motifs is 1.